The largest absolute Gasteiger partial charge is 0.462 e. The maximum atomic E-state index is 13.0. The molecule has 15 heteroatoms. The van der Waals surface area contributed by atoms with Gasteiger partial charge in [0.05, 0.1) is 19.8 Å². The predicted octanol–water partition coefficient (Wildman–Crippen LogP) is 6.71. The lowest BCUT2D eigenvalue weighted by molar-refractivity contribution is -0.332. The minimum absolute atomic E-state index is 0.115. The zero-order valence-electron chi connectivity index (χ0n) is 40.2. The van der Waals surface area contributed by atoms with E-state index >= 15 is 0 Å². The number of ether oxygens (including phenoxy) is 6. The molecule has 2 aliphatic rings. The van der Waals surface area contributed by atoms with Gasteiger partial charge in [-0.1, -0.05) is 127 Å². The zero-order valence-corrected chi connectivity index (χ0v) is 40.2. The van der Waals surface area contributed by atoms with Crippen molar-refractivity contribution in [3.8, 4) is 0 Å². The maximum absolute atomic E-state index is 13.0. The van der Waals surface area contributed by atoms with E-state index in [2.05, 4.69) is 62.5 Å². The zero-order chi connectivity index (χ0) is 48.2. The van der Waals surface area contributed by atoms with Crippen LogP contribution in [0, 0.1) is 0 Å². The number of aliphatic hydroxyl groups excluding tert-OH is 7. The van der Waals surface area contributed by atoms with Crippen molar-refractivity contribution in [2.45, 2.75) is 235 Å². The number of esters is 2. The van der Waals surface area contributed by atoms with Gasteiger partial charge in [0.15, 0.2) is 18.7 Å². The Morgan fingerprint density at radius 3 is 1.50 bits per heavy atom. The van der Waals surface area contributed by atoms with E-state index in [1.165, 1.54) is 64.2 Å². The molecule has 2 fully saturated rings. The van der Waals surface area contributed by atoms with E-state index < -0.39 is 99.3 Å². The molecule has 0 aromatic rings. The summed E-state index contributed by atoms with van der Waals surface area (Å²) in [7, 11) is 0. The van der Waals surface area contributed by atoms with Crippen molar-refractivity contribution in [3.05, 3.63) is 48.6 Å². The fraction of sp³-hybridized carbons (Fsp3) is 0.804. The average molecular weight is 941 g/mol. The highest BCUT2D eigenvalue weighted by molar-refractivity contribution is 5.70. The van der Waals surface area contributed by atoms with Crippen LogP contribution < -0.4 is 0 Å². The maximum Gasteiger partial charge on any atom is 0.306 e. The molecule has 7 N–H and O–H groups in total. The second-order valence-corrected chi connectivity index (χ2v) is 17.6. The van der Waals surface area contributed by atoms with Gasteiger partial charge in [-0.2, -0.15) is 0 Å². The molecule has 2 heterocycles. The number of carbonyl (C=O) groups is 2. The molecule has 0 amide bonds. The van der Waals surface area contributed by atoms with Crippen LogP contribution >= 0.6 is 0 Å². The number of hydrogen-bond acceptors (Lipinski definition) is 15. The number of hydrogen-bond donors (Lipinski definition) is 7. The molecule has 0 radical (unpaired) electrons. The molecule has 0 spiro atoms. The summed E-state index contributed by atoms with van der Waals surface area (Å²) < 4.78 is 33.5. The number of rotatable bonds is 38. The first-order valence-electron chi connectivity index (χ1n) is 25.2. The highest BCUT2D eigenvalue weighted by Gasteiger charge is 2.47. The molecule has 382 valence electrons. The van der Waals surface area contributed by atoms with Crippen LogP contribution in [0.5, 0.6) is 0 Å². The summed E-state index contributed by atoms with van der Waals surface area (Å²) in [6, 6.07) is 0. The van der Waals surface area contributed by atoms with Crippen LogP contribution in [0.2, 0.25) is 0 Å². The van der Waals surface area contributed by atoms with E-state index in [9.17, 15) is 45.3 Å². The first kappa shape index (κ1) is 59.6. The number of allylic oxidation sites excluding steroid dienone is 8. The van der Waals surface area contributed by atoms with E-state index in [0.29, 0.717) is 12.8 Å². The highest BCUT2D eigenvalue weighted by atomic mass is 16.7. The molecular weight excluding hydrogens is 853 g/mol. The lowest BCUT2D eigenvalue weighted by Gasteiger charge is -2.42. The molecule has 2 aliphatic heterocycles. The summed E-state index contributed by atoms with van der Waals surface area (Å²) in [5.74, 6) is -0.977. The van der Waals surface area contributed by atoms with E-state index in [4.69, 9.17) is 28.4 Å². The van der Waals surface area contributed by atoms with Crippen molar-refractivity contribution in [2.75, 3.05) is 26.4 Å². The number of aliphatic hydroxyl groups is 7. The van der Waals surface area contributed by atoms with Gasteiger partial charge in [-0.3, -0.25) is 9.59 Å². The molecular formula is C51H88O15. The van der Waals surface area contributed by atoms with Crippen LogP contribution in [-0.4, -0.2) is 142 Å². The topological polar surface area (TPSA) is 231 Å². The van der Waals surface area contributed by atoms with E-state index in [-0.39, 0.29) is 19.4 Å². The number of unbranched alkanes of at least 4 members (excludes halogenated alkanes) is 16. The van der Waals surface area contributed by atoms with Gasteiger partial charge in [-0.25, -0.2) is 0 Å². The second-order valence-electron chi connectivity index (χ2n) is 17.6. The Balaban J connectivity index is 1.84. The molecule has 0 bridgehead atoms. The molecule has 11 atom stereocenters. The Morgan fingerprint density at radius 1 is 0.485 bits per heavy atom. The van der Waals surface area contributed by atoms with Crippen molar-refractivity contribution in [3.63, 3.8) is 0 Å². The molecule has 0 aromatic heterocycles. The van der Waals surface area contributed by atoms with Crippen molar-refractivity contribution in [1.82, 2.24) is 0 Å². The molecule has 66 heavy (non-hydrogen) atoms. The third-order valence-corrected chi connectivity index (χ3v) is 11.8. The fourth-order valence-electron chi connectivity index (χ4n) is 7.57. The normalized spacial score (nSPS) is 26.6. The van der Waals surface area contributed by atoms with Gasteiger partial charge in [0.1, 0.15) is 55.4 Å². The van der Waals surface area contributed by atoms with E-state index in [0.717, 1.165) is 64.2 Å². The van der Waals surface area contributed by atoms with Crippen molar-refractivity contribution < 1.29 is 73.8 Å². The standard InChI is InChI=1S/C51H88O15/c1-3-5-7-9-11-13-15-17-19-21-23-25-27-29-31-33-42(53)61-36-39(64-43(54)34-32-30-28-26-24-22-20-18-16-14-12-10-8-6-4-2)37-62-50-49(60)47(58)45(56)41(66-50)38-63-51-48(59)46(57)44(55)40(35-52)65-51/h12-15,18,20,24,26,39-41,44-52,55-60H,3-11,16-17,19,21-23,25,27-38H2,1-2H3/b14-12+,15-13+,20-18+,26-24+/t39-,40-,41-,44+,45+,46?,47?,48?,49?,50-,51-/m1/s1. The molecule has 2 saturated heterocycles. The first-order valence-corrected chi connectivity index (χ1v) is 25.2. The Bertz CT molecular complexity index is 1340. The fourth-order valence-corrected chi connectivity index (χ4v) is 7.57. The third kappa shape index (κ3) is 26.3. The highest BCUT2D eigenvalue weighted by Crippen LogP contribution is 2.26. The summed E-state index contributed by atoms with van der Waals surface area (Å²) >= 11 is 0. The summed E-state index contributed by atoms with van der Waals surface area (Å²) in [4.78, 5) is 25.7. The second kappa shape index (κ2) is 38.3. The van der Waals surface area contributed by atoms with Crippen LogP contribution in [0.1, 0.15) is 168 Å². The van der Waals surface area contributed by atoms with Gasteiger partial charge in [-0.05, 0) is 77.0 Å². The van der Waals surface area contributed by atoms with Gasteiger partial charge < -0.3 is 64.2 Å². The molecule has 0 aromatic carbocycles. The molecule has 2 rings (SSSR count). The van der Waals surface area contributed by atoms with Crippen molar-refractivity contribution in [2.24, 2.45) is 0 Å². The number of carbonyl (C=O) groups excluding carboxylic acids is 2. The molecule has 0 saturated carbocycles. The van der Waals surface area contributed by atoms with E-state index in [1.54, 1.807) is 0 Å². The third-order valence-electron chi connectivity index (χ3n) is 11.8. The Hall–Kier alpha value is -2.54. The Labute approximate surface area is 395 Å². The van der Waals surface area contributed by atoms with E-state index in [1.807, 2.05) is 0 Å². The van der Waals surface area contributed by atoms with Crippen LogP contribution in [0.3, 0.4) is 0 Å². The Morgan fingerprint density at radius 2 is 0.909 bits per heavy atom. The SMILES string of the molecule is CCCCC/C=C/C/C=C/C/C=C/CCCCC(=O)O[C@H](COC(=O)CCCCCCCCC/C=C/CCCCCC)CO[C@@H]1O[C@H](CO[C@@H]2O[C@H](CO)[C@H](O)C(O)C2O)[C@H](O)C(O)C1O. The van der Waals surface area contributed by atoms with Crippen LogP contribution in [-0.2, 0) is 38.0 Å². The summed E-state index contributed by atoms with van der Waals surface area (Å²) in [6.07, 6.45) is 24.3. The smallest absolute Gasteiger partial charge is 0.306 e. The molecule has 4 unspecified atom stereocenters. The predicted molar refractivity (Wildman–Crippen MR) is 252 cm³/mol. The quantitative estimate of drug-likeness (QED) is 0.0194. The average Bonchev–Trinajstić information content (AvgIpc) is 3.31. The minimum atomic E-state index is -1.77. The van der Waals surface area contributed by atoms with Gasteiger partial charge >= 0.3 is 11.9 Å². The Kier molecular flexibility index (Phi) is 34.6. The molecule has 15 nitrogen and oxygen atoms in total. The molecule has 0 aliphatic carbocycles. The van der Waals surface area contributed by atoms with Crippen molar-refractivity contribution >= 4 is 11.9 Å². The van der Waals surface area contributed by atoms with Crippen LogP contribution in [0.15, 0.2) is 48.6 Å². The van der Waals surface area contributed by atoms with Crippen LogP contribution in [0.4, 0.5) is 0 Å². The van der Waals surface area contributed by atoms with Gasteiger partial charge in [0.25, 0.3) is 0 Å². The summed E-state index contributed by atoms with van der Waals surface area (Å²) in [5, 5.41) is 72.0. The van der Waals surface area contributed by atoms with Gasteiger partial charge in [0, 0.05) is 12.8 Å². The van der Waals surface area contributed by atoms with Crippen molar-refractivity contribution in [1.29, 1.82) is 0 Å². The lowest BCUT2D eigenvalue weighted by atomic mass is 9.98. The van der Waals surface area contributed by atoms with Gasteiger partial charge in [-0.15, -0.1) is 0 Å². The lowest BCUT2D eigenvalue weighted by Crippen LogP contribution is -2.61. The first-order chi connectivity index (χ1) is 32.0. The van der Waals surface area contributed by atoms with Gasteiger partial charge in [0.2, 0.25) is 0 Å². The van der Waals surface area contributed by atoms with Crippen LogP contribution in [0.25, 0.3) is 0 Å². The minimum Gasteiger partial charge on any atom is -0.462 e. The monoisotopic (exact) mass is 941 g/mol. The summed E-state index contributed by atoms with van der Waals surface area (Å²) in [6.45, 7) is 2.49. The summed E-state index contributed by atoms with van der Waals surface area (Å²) in [5.41, 5.74) is 0.